The number of nitrogens with one attached hydrogen (secondary N) is 1. The molecule has 0 aliphatic heterocycles. The van der Waals surface area contributed by atoms with Crippen molar-refractivity contribution in [3.63, 3.8) is 0 Å². The third-order valence-electron chi connectivity index (χ3n) is 2.18. The number of amides is 1. The van der Waals surface area contributed by atoms with Crippen molar-refractivity contribution in [2.45, 2.75) is 18.9 Å². The summed E-state index contributed by atoms with van der Waals surface area (Å²) in [7, 11) is 0. The highest BCUT2D eigenvalue weighted by molar-refractivity contribution is 6.43. The van der Waals surface area contributed by atoms with Crippen LogP contribution in [0.1, 0.15) is 23.2 Å². The molecule has 0 unspecified atom stereocenters. The average molecular weight is 248 g/mol. The van der Waals surface area contributed by atoms with E-state index in [0.29, 0.717) is 0 Å². The molecule has 2 nitrogen and oxygen atoms in total. The van der Waals surface area contributed by atoms with E-state index < -0.39 is 11.7 Å². The van der Waals surface area contributed by atoms with E-state index in [0.717, 1.165) is 18.9 Å². The zero-order chi connectivity index (χ0) is 11.0. The van der Waals surface area contributed by atoms with Crippen molar-refractivity contribution in [2.24, 2.45) is 0 Å². The predicted molar refractivity (Wildman–Crippen MR) is 56.9 cm³/mol. The summed E-state index contributed by atoms with van der Waals surface area (Å²) in [6, 6.07) is 2.62. The van der Waals surface area contributed by atoms with Gasteiger partial charge in [0.1, 0.15) is 5.82 Å². The number of carbonyl (C=O) groups excluding carboxylic acids is 1. The highest BCUT2D eigenvalue weighted by Crippen LogP contribution is 2.29. The van der Waals surface area contributed by atoms with Crippen LogP contribution >= 0.6 is 23.2 Å². The van der Waals surface area contributed by atoms with E-state index in [1.165, 1.54) is 6.07 Å². The first-order valence-corrected chi connectivity index (χ1v) is 5.29. The smallest absolute Gasteiger partial charge is 0.256 e. The molecule has 1 fully saturated rings. The SMILES string of the molecule is O=C(NC1CC1)c1c(F)ccc(Cl)c1Cl. The molecule has 80 valence electrons. The van der Waals surface area contributed by atoms with E-state index in [1.54, 1.807) is 0 Å². The van der Waals surface area contributed by atoms with Gasteiger partial charge in [-0.15, -0.1) is 0 Å². The van der Waals surface area contributed by atoms with Crippen LogP contribution in [0.5, 0.6) is 0 Å². The van der Waals surface area contributed by atoms with Gasteiger partial charge in [-0.2, -0.15) is 0 Å². The van der Waals surface area contributed by atoms with Gasteiger partial charge in [-0.1, -0.05) is 23.2 Å². The summed E-state index contributed by atoms with van der Waals surface area (Å²) in [6.07, 6.45) is 1.87. The number of rotatable bonds is 2. The van der Waals surface area contributed by atoms with Crippen molar-refractivity contribution >= 4 is 29.1 Å². The highest BCUT2D eigenvalue weighted by Gasteiger charge is 2.26. The lowest BCUT2D eigenvalue weighted by Gasteiger charge is -2.07. The van der Waals surface area contributed by atoms with E-state index in [4.69, 9.17) is 23.2 Å². The molecule has 0 spiro atoms. The molecule has 1 N–H and O–H groups in total. The van der Waals surface area contributed by atoms with Crippen molar-refractivity contribution in [2.75, 3.05) is 0 Å². The second-order valence-electron chi connectivity index (χ2n) is 3.47. The molecule has 0 radical (unpaired) electrons. The number of hydrogen-bond acceptors (Lipinski definition) is 1. The minimum absolute atomic E-state index is 0.0326. The fraction of sp³-hybridized carbons (Fsp3) is 0.300. The Kier molecular flexibility index (Phi) is 2.85. The van der Waals surface area contributed by atoms with Gasteiger partial charge in [0, 0.05) is 6.04 Å². The van der Waals surface area contributed by atoms with Crippen molar-refractivity contribution in [1.82, 2.24) is 5.32 Å². The summed E-state index contributed by atoms with van der Waals surface area (Å²) in [5, 5.41) is 2.80. The molecule has 1 amide bonds. The predicted octanol–water partition coefficient (Wildman–Crippen LogP) is 3.02. The molecule has 1 saturated carbocycles. The minimum Gasteiger partial charge on any atom is -0.349 e. The third kappa shape index (κ3) is 2.24. The molecular weight excluding hydrogens is 240 g/mol. The first kappa shape index (κ1) is 10.7. The molecule has 15 heavy (non-hydrogen) atoms. The molecular formula is C10H8Cl2FNO. The maximum absolute atomic E-state index is 13.3. The van der Waals surface area contributed by atoms with Crippen LogP contribution < -0.4 is 5.32 Å². The number of hydrogen-bond donors (Lipinski definition) is 1. The van der Waals surface area contributed by atoms with Gasteiger partial charge in [-0.05, 0) is 25.0 Å². The average Bonchev–Trinajstić information content (AvgIpc) is 2.96. The normalized spacial score (nSPS) is 15.1. The molecule has 2 rings (SSSR count). The van der Waals surface area contributed by atoms with E-state index in [9.17, 15) is 9.18 Å². The van der Waals surface area contributed by atoms with Crippen LogP contribution in [0.15, 0.2) is 12.1 Å². The molecule has 1 aliphatic rings. The summed E-state index contributed by atoms with van der Waals surface area (Å²) in [5.74, 6) is -1.15. The van der Waals surface area contributed by atoms with Crippen LogP contribution in [0.2, 0.25) is 10.0 Å². The number of benzene rings is 1. The van der Waals surface area contributed by atoms with Crippen molar-refractivity contribution in [1.29, 1.82) is 0 Å². The quantitative estimate of drug-likeness (QED) is 0.801. The number of halogens is 3. The second-order valence-corrected chi connectivity index (χ2v) is 4.25. The molecule has 0 heterocycles. The fourth-order valence-electron chi connectivity index (χ4n) is 1.22. The van der Waals surface area contributed by atoms with Crippen LogP contribution in [-0.2, 0) is 0 Å². The molecule has 0 aromatic heterocycles. The zero-order valence-corrected chi connectivity index (χ0v) is 9.20. The maximum atomic E-state index is 13.3. The molecule has 1 aromatic carbocycles. The van der Waals surface area contributed by atoms with Crippen molar-refractivity contribution < 1.29 is 9.18 Å². The minimum atomic E-state index is -0.650. The van der Waals surface area contributed by atoms with Gasteiger partial charge in [0.2, 0.25) is 0 Å². The molecule has 5 heteroatoms. The Bertz CT molecular complexity index is 418. The standard InChI is InChI=1S/C10H8Cl2FNO/c11-6-3-4-7(13)8(9(6)12)10(15)14-5-1-2-5/h3-5H,1-2H2,(H,14,15). The van der Waals surface area contributed by atoms with Gasteiger partial charge in [-0.3, -0.25) is 4.79 Å². The number of carbonyl (C=O) groups is 1. The van der Waals surface area contributed by atoms with Crippen LogP contribution in [-0.4, -0.2) is 11.9 Å². The summed E-state index contributed by atoms with van der Waals surface area (Å²) < 4.78 is 13.3. The molecule has 0 saturated heterocycles. The summed E-state index contributed by atoms with van der Waals surface area (Å²) in [6.45, 7) is 0. The highest BCUT2D eigenvalue weighted by atomic mass is 35.5. The lowest BCUT2D eigenvalue weighted by molar-refractivity contribution is 0.0947. The van der Waals surface area contributed by atoms with Gasteiger partial charge >= 0.3 is 0 Å². The Morgan fingerprint density at radius 2 is 2.07 bits per heavy atom. The Labute approximate surface area is 96.4 Å². The fourth-order valence-corrected chi connectivity index (χ4v) is 1.62. The molecule has 0 atom stereocenters. The van der Waals surface area contributed by atoms with E-state index >= 15 is 0 Å². The molecule has 0 bridgehead atoms. The van der Waals surface area contributed by atoms with Gasteiger partial charge in [-0.25, -0.2) is 4.39 Å². The zero-order valence-electron chi connectivity index (χ0n) is 7.69. The van der Waals surface area contributed by atoms with Gasteiger partial charge in [0.05, 0.1) is 15.6 Å². The monoisotopic (exact) mass is 247 g/mol. The van der Waals surface area contributed by atoms with Gasteiger partial charge in [0.25, 0.3) is 5.91 Å². The first-order valence-electron chi connectivity index (χ1n) is 4.54. The summed E-state index contributed by atoms with van der Waals surface area (Å²) in [4.78, 5) is 11.6. The Balaban J connectivity index is 2.32. The summed E-state index contributed by atoms with van der Waals surface area (Å²) in [5.41, 5.74) is -0.170. The maximum Gasteiger partial charge on any atom is 0.256 e. The van der Waals surface area contributed by atoms with Crippen LogP contribution in [0.4, 0.5) is 4.39 Å². The van der Waals surface area contributed by atoms with E-state index in [-0.39, 0.29) is 21.7 Å². The lowest BCUT2D eigenvalue weighted by atomic mass is 10.2. The molecule has 1 aromatic rings. The topological polar surface area (TPSA) is 29.1 Å². The van der Waals surface area contributed by atoms with Gasteiger partial charge < -0.3 is 5.32 Å². The van der Waals surface area contributed by atoms with Gasteiger partial charge in [0.15, 0.2) is 0 Å². The second kappa shape index (κ2) is 3.99. The molecule has 1 aliphatic carbocycles. The third-order valence-corrected chi connectivity index (χ3v) is 2.99. The summed E-state index contributed by atoms with van der Waals surface area (Å²) >= 11 is 11.5. The van der Waals surface area contributed by atoms with Crippen molar-refractivity contribution in [3.05, 3.63) is 33.6 Å². The Morgan fingerprint density at radius 1 is 1.40 bits per heavy atom. The Hall–Kier alpha value is -0.800. The Morgan fingerprint density at radius 3 is 2.67 bits per heavy atom. The van der Waals surface area contributed by atoms with Crippen LogP contribution in [0.25, 0.3) is 0 Å². The first-order chi connectivity index (χ1) is 7.09. The van der Waals surface area contributed by atoms with E-state index in [1.807, 2.05) is 0 Å². The van der Waals surface area contributed by atoms with Crippen LogP contribution in [0.3, 0.4) is 0 Å². The van der Waals surface area contributed by atoms with Crippen molar-refractivity contribution in [3.8, 4) is 0 Å². The lowest BCUT2D eigenvalue weighted by Crippen LogP contribution is -2.26. The largest absolute Gasteiger partial charge is 0.349 e. The van der Waals surface area contributed by atoms with Crippen LogP contribution in [0, 0.1) is 5.82 Å². The van der Waals surface area contributed by atoms with E-state index in [2.05, 4.69) is 5.32 Å².